The fraction of sp³-hybridized carbons (Fsp3) is 0.346. The van der Waals surface area contributed by atoms with Gasteiger partial charge >= 0.3 is 0 Å². The highest BCUT2D eigenvalue weighted by atomic mass is 16.2. The van der Waals surface area contributed by atoms with E-state index >= 15 is 0 Å². The molecular weight excluding hydrogens is 400 g/mol. The molecule has 0 radical (unpaired) electrons. The molecule has 6 heteroatoms. The molecule has 1 atom stereocenters. The van der Waals surface area contributed by atoms with Gasteiger partial charge in [0, 0.05) is 31.7 Å². The number of aromatic nitrogens is 1. The van der Waals surface area contributed by atoms with Crippen molar-refractivity contribution in [3.63, 3.8) is 0 Å². The second kappa shape index (κ2) is 8.99. The second-order valence-corrected chi connectivity index (χ2v) is 8.71. The molecule has 2 aliphatic rings. The SMILES string of the molecule is O=C(Nc1ccc(N2CCCC2)nc1)C1CCCN(C(=O)c2cccc3ccccc23)C1. The average molecular weight is 429 g/mol. The van der Waals surface area contributed by atoms with Crippen LogP contribution in [0.4, 0.5) is 11.5 Å². The van der Waals surface area contributed by atoms with Gasteiger partial charge in [0.2, 0.25) is 5.91 Å². The van der Waals surface area contributed by atoms with Crippen molar-refractivity contribution in [1.29, 1.82) is 0 Å². The van der Waals surface area contributed by atoms with Gasteiger partial charge in [-0.2, -0.15) is 0 Å². The number of carbonyl (C=O) groups is 2. The van der Waals surface area contributed by atoms with Crippen molar-refractivity contribution in [3.8, 4) is 0 Å². The van der Waals surface area contributed by atoms with Crippen molar-refractivity contribution in [2.75, 3.05) is 36.4 Å². The zero-order chi connectivity index (χ0) is 21.9. The van der Waals surface area contributed by atoms with E-state index in [1.807, 2.05) is 59.5 Å². The number of carbonyl (C=O) groups excluding carboxylic acids is 2. The number of likely N-dealkylation sites (tertiary alicyclic amines) is 1. The van der Waals surface area contributed by atoms with Crippen molar-refractivity contribution in [3.05, 3.63) is 66.4 Å². The Hall–Kier alpha value is -3.41. The third-order valence-electron chi connectivity index (χ3n) is 6.54. The summed E-state index contributed by atoms with van der Waals surface area (Å²) in [6.07, 6.45) is 5.74. The third-order valence-corrected chi connectivity index (χ3v) is 6.54. The number of hydrogen-bond donors (Lipinski definition) is 1. The van der Waals surface area contributed by atoms with Crippen LogP contribution in [-0.2, 0) is 4.79 Å². The number of hydrogen-bond acceptors (Lipinski definition) is 4. The van der Waals surface area contributed by atoms with Gasteiger partial charge in [-0.05, 0) is 54.7 Å². The lowest BCUT2D eigenvalue weighted by Crippen LogP contribution is -2.43. The second-order valence-electron chi connectivity index (χ2n) is 8.71. The van der Waals surface area contributed by atoms with E-state index in [0.717, 1.165) is 42.5 Å². The molecule has 2 fully saturated rings. The topological polar surface area (TPSA) is 65.5 Å². The van der Waals surface area contributed by atoms with Crippen LogP contribution in [0.15, 0.2) is 60.8 Å². The van der Waals surface area contributed by atoms with Gasteiger partial charge in [-0.3, -0.25) is 9.59 Å². The molecule has 2 amide bonds. The molecule has 1 N–H and O–H groups in total. The molecule has 2 aromatic carbocycles. The summed E-state index contributed by atoms with van der Waals surface area (Å²) >= 11 is 0. The van der Waals surface area contributed by atoms with Crippen molar-refractivity contribution < 1.29 is 9.59 Å². The Morgan fingerprint density at radius 2 is 1.72 bits per heavy atom. The maximum atomic E-state index is 13.3. The van der Waals surface area contributed by atoms with Gasteiger partial charge in [-0.15, -0.1) is 0 Å². The lowest BCUT2D eigenvalue weighted by molar-refractivity contribution is -0.121. The van der Waals surface area contributed by atoms with E-state index in [4.69, 9.17) is 0 Å². The van der Waals surface area contributed by atoms with Crippen molar-refractivity contribution in [1.82, 2.24) is 9.88 Å². The van der Waals surface area contributed by atoms with Crippen LogP contribution in [0.25, 0.3) is 10.8 Å². The molecule has 3 aromatic rings. The normalized spacial score (nSPS) is 18.7. The van der Waals surface area contributed by atoms with Gasteiger partial charge in [-0.25, -0.2) is 4.98 Å². The Kier molecular flexibility index (Phi) is 5.75. The number of benzene rings is 2. The summed E-state index contributed by atoms with van der Waals surface area (Å²) < 4.78 is 0. The lowest BCUT2D eigenvalue weighted by atomic mass is 9.95. The molecule has 32 heavy (non-hydrogen) atoms. The lowest BCUT2D eigenvalue weighted by Gasteiger charge is -2.32. The molecule has 2 aliphatic heterocycles. The van der Waals surface area contributed by atoms with Crippen LogP contribution in [0.5, 0.6) is 0 Å². The minimum atomic E-state index is -0.221. The van der Waals surface area contributed by atoms with Gasteiger partial charge in [0.25, 0.3) is 5.91 Å². The highest BCUT2D eigenvalue weighted by Gasteiger charge is 2.29. The van der Waals surface area contributed by atoms with Crippen LogP contribution in [0.3, 0.4) is 0 Å². The summed E-state index contributed by atoms with van der Waals surface area (Å²) in [6.45, 7) is 3.20. The summed E-state index contributed by atoms with van der Waals surface area (Å²) in [5.41, 5.74) is 1.40. The van der Waals surface area contributed by atoms with E-state index in [1.165, 1.54) is 12.8 Å². The first-order chi connectivity index (χ1) is 15.7. The molecule has 164 valence electrons. The monoisotopic (exact) mass is 428 g/mol. The number of amides is 2. The van der Waals surface area contributed by atoms with E-state index in [0.29, 0.717) is 24.3 Å². The Bertz CT molecular complexity index is 1120. The first-order valence-electron chi connectivity index (χ1n) is 11.5. The number of nitrogens with zero attached hydrogens (tertiary/aromatic N) is 3. The van der Waals surface area contributed by atoms with Crippen molar-refractivity contribution in [2.45, 2.75) is 25.7 Å². The maximum absolute atomic E-state index is 13.3. The van der Waals surface area contributed by atoms with Crippen LogP contribution in [0.1, 0.15) is 36.0 Å². The minimum Gasteiger partial charge on any atom is -0.357 e. The molecule has 1 aromatic heterocycles. The summed E-state index contributed by atoms with van der Waals surface area (Å²) in [5, 5.41) is 5.01. The predicted molar refractivity (Wildman–Crippen MR) is 127 cm³/mol. The first kappa shape index (κ1) is 20.5. The van der Waals surface area contributed by atoms with Gasteiger partial charge in [0.1, 0.15) is 5.82 Å². The van der Waals surface area contributed by atoms with Gasteiger partial charge in [0.05, 0.1) is 17.8 Å². The number of anilines is 2. The molecule has 2 saturated heterocycles. The fourth-order valence-electron chi connectivity index (χ4n) is 4.80. The fourth-order valence-corrected chi connectivity index (χ4v) is 4.80. The predicted octanol–water partition coefficient (Wildman–Crippen LogP) is 4.33. The van der Waals surface area contributed by atoms with Crippen LogP contribution < -0.4 is 10.2 Å². The quantitative estimate of drug-likeness (QED) is 0.672. The summed E-state index contributed by atoms with van der Waals surface area (Å²) in [7, 11) is 0. The highest BCUT2D eigenvalue weighted by molar-refractivity contribution is 6.07. The van der Waals surface area contributed by atoms with Crippen LogP contribution in [-0.4, -0.2) is 47.9 Å². The Morgan fingerprint density at radius 1 is 0.906 bits per heavy atom. The molecule has 5 rings (SSSR count). The maximum Gasteiger partial charge on any atom is 0.254 e. The number of piperidine rings is 1. The largest absolute Gasteiger partial charge is 0.357 e. The van der Waals surface area contributed by atoms with E-state index in [9.17, 15) is 9.59 Å². The molecule has 0 aliphatic carbocycles. The molecule has 0 spiro atoms. The van der Waals surface area contributed by atoms with E-state index in [1.54, 1.807) is 6.20 Å². The van der Waals surface area contributed by atoms with E-state index in [2.05, 4.69) is 15.2 Å². The molecule has 0 bridgehead atoms. The number of pyridine rings is 1. The molecule has 0 saturated carbocycles. The van der Waals surface area contributed by atoms with Crippen LogP contribution in [0, 0.1) is 5.92 Å². The van der Waals surface area contributed by atoms with Crippen LogP contribution in [0.2, 0.25) is 0 Å². The Balaban J connectivity index is 1.25. The Morgan fingerprint density at radius 3 is 2.53 bits per heavy atom. The highest BCUT2D eigenvalue weighted by Crippen LogP contribution is 2.25. The number of nitrogens with one attached hydrogen (secondary N) is 1. The third kappa shape index (κ3) is 4.17. The van der Waals surface area contributed by atoms with Crippen molar-refractivity contribution >= 4 is 34.1 Å². The molecule has 1 unspecified atom stereocenters. The summed E-state index contributed by atoms with van der Waals surface area (Å²) in [5.74, 6) is 0.693. The summed E-state index contributed by atoms with van der Waals surface area (Å²) in [4.78, 5) is 34.8. The number of fused-ring (bicyclic) bond motifs is 1. The Labute approximate surface area is 188 Å². The van der Waals surface area contributed by atoms with Crippen molar-refractivity contribution in [2.24, 2.45) is 5.92 Å². The van der Waals surface area contributed by atoms with Gasteiger partial charge < -0.3 is 15.1 Å². The molecular formula is C26H28N4O2. The zero-order valence-corrected chi connectivity index (χ0v) is 18.2. The zero-order valence-electron chi connectivity index (χ0n) is 18.2. The van der Waals surface area contributed by atoms with Crippen LogP contribution >= 0.6 is 0 Å². The molecule has 3 heterocycles. The number of rotatable bonds is 4. The minimum absolute atomic E-state index is 0.00377. The summed E-state index contributed by atoms with van der Waals surface area (Å²) in [6, 6.07) is 17.6. The molecule has 6 nitrogen and oxygen atoms in total. The first-order valence-corrected chi connectivity index (χ1v) is 11.5. The van der Waals surface area contributed by atoms with E-state index < -0.39 is 0 Å². The van der Waals surface area contributed by atoms with E-state index in [-0.39, 0.29) is 17.7 Å². The standard InChI is InChI=1S/C26H28N4O2/c31-25(28-21-12-13-24(27-17-21)29-14-3-4-15-29)20-9-6-16-30(18-20)26(32)23-11-5-8-19-7-1-2-10-22(19)23/h1-2,5,7-8,10-13,17,20H,3-4,6,9,14-16,18H2,(H,28,31). The smallest absolute Gasteiger partial charge is 0.254 e. The van der Waals surface area contributed by atoms with Gasteiger partial charge in [-0.1, -0.05) is 36.4 Å². The average Bonchev–Trinajstić information content (AvgIpc) is 3.39. The van der Waals surface area contributed by atoms with Gasteiger partial charge in [0.15, 0.2) is 0 Å².